The summed E-state index contributed by atoms with van der Waals surface area (Å²) in [6.45, 7) is 14.7. The SMILES string of the molecule is CCC(C)COC(=O)Oc1ccc(C(C(C)COC(=O)OC(C)(C)CC)[C@H](N)C(=O)O)cc1OC(=O)OCC(C)CC. The van der Waals surface area contributed by atoms with Gasteiger partial charge in [0.25, 0.3) is 0 Å². The quantitative estimate of drug-likeness (QED) is 0.124. The number of benzene rings is 1. The molecular formula is C30H47NO11. The first kappa shape index (κ1) is 36.5. The molecule has 238 valence electrons. The van der Waals surface area contributed by atoms with Crippen LogP contribution in [0.15, 0.2) is 18.2 Å². The Labute approximate surface area is 248 Å². The maximum Gasteiger partial charge on any atom is 0.513 e. The van der Waals surface area contributed by atoms with Crippen LogP contribution in [0, 0.1) is 17.8 Å². The molecule has 12 heteroatoms. The zero-order valence-electron chi connectivity index (χ0n) is 26.0. The van der Waals surface area contributed by atoms with E-state index >= 15 is 0 Å². The normalized spacial score (nSPS) is 14.9. The van der Waals surface area contributed by atoms with Crippen molar-refractivity contribution in [2.75, 3.05) is 19.8 Å². The second kappa shape index (κ2) is 17.4. The third-order valence-corrected chi connectivity index (χ3v) is 7.06. The van der Waals surface area contributed by atoms with E-state index in [9.17, 15) is 24.3 Å². The van der Waals surface area contributed by atoms with Crippen LogP contribution in [0.4, 0.5) is 14.4 Å². The van der Waals surface area contributed by atoms with Gasteiger partial charge in [-0.05, 0) is 55.7 Å². The molecule has 0 spiro atoms. The Morgan fingerprint density at radius 2 is 1.31 bits per heavy atom. The minimum Gasteiger partial charge on any atom is -0.480 e. The maximum absolute atomic E-state index is 12.5. The van der Waals surface area contributed by atoms with Gasteiger partial charge in [0, 0.05) is 5.92 Å². The van der Waals surface area contributed by atoms with Crippen molar-refractivity contribution in [1.29, 1.82) is 0 Å². The minimum atomic E-state index is -1.43. The molecule has 1 rings (SSSR count). The van der Waals surface area contributed by atoms with Crippen molar-refractivity contribution in [1.82, 2.24) is 0 Å². The van der Waals surface area contributed by atoms with E-state index in [1.54, 1.807) is 20.8 Å². The van der Waals surface area contributed by atoms with E-state index in [0.29, 0.717) is 12.0 Å². The highest BCUT2D eigenvalue weighted by Gasteiger charge is 2.33. The molecule has 12 nitrogen and oxygen atoms in total. The van der Waals surface area contributed by atoms with Crippen LogP contribution in [0.1, 0.15) is 86.1 Å². The van der Waals surface area contributed by atoms with Crippen molar-refractivity contribution in [2.45, 2.75) is 92.2 Å². The highest BCUT2D eigenvalue weighted by molar-refractivity contribution is 5.75. The first-order valence-electron chi connectivity index (χ1n) is 14.3. The molecule has 0 fully saturated rings. The highest BCUT2D eigenvalue weighted by Crippen LogP contribution is 2.36. The lowest BCUT2D eigenvalue weighted by atomic mass is 9.82. The number of hydrogen-bond donors (Lipinski definition) is 2. The standard InChI is InChI=1S/C30H47NO11/c1-9-18(4)15-37-27(34)40-22-13-12-21(14-23(22)41-28(35)38-16-19(5)10-2)24(25(31)26(32)33)20(6)17-39-29(36)42-30(7,8)11-3/h12-14,18-20,24-25H,9-11,15-17,31H2,1-8H3,(H,32,33)/t18?,19?,20?,24?,25-/m0/s1. The van der Waals surface area contributed by atoms with Crippen molar-refractivity contribution in [3.8, 4) is 11.5 Å². The van der Waals surface area contributed by atoms with Gasteiger partial charge in [-0.1, -0.05) is 60.5 Å². The third kappa shape index (κ3) is 12.5. The molecule has 0 aliphatic rings. The Balaban J connectivity index is 3.32. The van der Waals surface area contributed by atoms with Crippen molar-refractivity contribution in [3.63, 3.8) is 0 Å². The van der Waals surface area contributed by atoms with Crippen molar-refractivity contribution >= 4 is 24.4 Å². The molecule has 0 saturated heterocycles. The number of carbonyl (C=O) groups is 4. The van der Waals surface area contributed by atoms with Gasteiger partial charge in [-0.3, -0.25) is 4.79 Å². The summed E-state index contributed by atoms with van der Waals surface area (Å²) in [5.41, 5.74) is 5.65. The molecule has 0 aliphatic carbocycles. The number of ether oxygens (including phenoxy) is 6. The average molecular weight is 598 g/mol. The number of nitrogens with two attached hydrogens (primary N) is 1. The van der Waals surface area contributed by atoms with Crippen LogP contribution in [-0.4, -0.2) is 61.0 Å². The lowest BCUT2D eigenvalue weighted by Gasteiger charge is -2.28. The summed E-state index contributed by atoms with van der Waals surface area (Å²) < 4.78 is 31.6. The van der Waals surface area contributed by atoms with Gasteiger partial charge in [-0.2, -0.15) is 0 Å². The topological polar surface area (TPSA) is 170 Å². The molecule has 3 N–H and O–H groups in total. The van der Waals surface area contributed by atoms with E-state index in [-0.39, 0.29) is 43.2 Å². The molecule has 1 aromatic rings. The van der Waals surface area contributed by atoms with Crippen molar-refractivity contribution in [3.05, 3.63) is 23.8 Å². The highest BCUT2D eigenvalue weighted by atomic mass is 16.7. The Bertz CT molecular complexity index is 1040. The molecule has 0 aliphatic heterocycles. The molecule has 0 heterocycles. The summed E-state index contributed by atoms with van der Waals surface area (Å²) in [6, 6.07) is 2.73. The predicted molar refractivity (Wildman–Crippen MR) is 154 cm³/mol. The summed E-state index contributed by atoms with van der Waals surface area (Å²) in [7, 11) is 0. The van der Waals surface area contributed by atoms with Gasteiger partial charge in [0.2, 0.25) is 0 Å². The Morgan fingerprint density at radius 3 is 1.79 bits per heavy atom. The number of hydrogen-bond acceptors (Lipinski definition) is 11. The third-order valence-electron chi connectivity index (χ3n) is 7.06. The summed E-state index contributed by atoms with van der Waals surface area (Å²) in [4.78, 5) is 49.0. The first-order chi connectivity index (χ1) is 19.6. The van der Waals surface area contributed by atoms with E-state index in [4.69, 9.17) is 34.2 Å². The van der Waals surface area contributed by atoms with Crippen LogP contribution in [0.3, 0.4) is 0 Å². The Morgan fingerprint density at radius 1 is 0.810 bits per heavy atom. The van der Waals surface area contributed by atoms with Gasteiger partial charge in [-0.25, -0.2) is 14.4 Å². The summed E-state index contributed by atoms with van der Waals surface area (Å²) in [5.74, 6) is -2.99. The molecule has 4 unspecified atom stereocenters. The van der Waals surface area contributed by atoms with E-state index in [1.165, 1.54) is 18.2 Å². The van der Waals surface area contributed by atoms with E-state index in [0.717, 1.165) is 12.8 Å². The molecule has 0 amide bonds. The lowest BCUT2D eigenvalue weighted by molar-refractivity contribution is -0.139. The van der Waals surface area contributed by atoms with Gasteiger partial charge in [0.15, 0.2) is 11.5 Å². The van der Waals surface area contributed by atoms with E-state index < -0.39 is 47.9 Å². The van der Waals surface area contributed by atoms with Crippen molar-refractivity contribution in [2.24, 2.45) is 23.5 Å². The number of aliphatic carboxylic acids is 1. The molecule has 0 bridgehead atoms. The molecule has 0 saturated carbocycles. The van der Waals surface area contributed by atoms with E-state index in [2.05, 4.69) is 0 Å². The monoisotopic (exact) mass is 597 g/mol. The molecule has 5 atom stereocenters. The smallest absolute Gasteiger partial charge is 0.480 e. The molecule has 0 radical (unpaired) electrons. The van der Waals surface area contributed by atoms with Crippen LogP contribution in [0.2, 0.25) is 0 Å². The zero-order valence-corrected chi connectivity index (χ0v) is 26.0. The number of rotatable bonds is 16. The summed E-state index contributed by atoms with van der Waals surface area (Å²) in [5, 5.41) is 9.73. The fourth-order valence-corrected chi connectivity index (χ4v) is 3.46. The number of carboxylic acids is 1. The van der Waals surface area contributed by atoms with Crippen LogP contribution in [0.5, 0.6) is 11.5 Å². The van der Waals surface area contributed by atoms with Gasteiger partial charge in [-0.15, -0.1) is 0 Å². The van der Waals surface area contributed by atoms with Crippen LogP contribution >= 0.6 is 0 Å². The maximum atomic E-state index is 12.5. The van der Waals surface area contributed by atoms with Gasteiger partial charge in [0.05, 0.1) is 19.8 Å². The second-order valence-electron chi connectivity index (χ2n) is 11.2. The predicted octanol–water partition coefficient (Wildman–Crippen LogP) is 6.28. The minimum absolute atomic E-state index is 0.0866. The largest absolute Gasteiger partial charge is 0.513 e. The number of carbonyl (C=O) groups excluding carboxylic acids is 3. The number of carboxylic acid groups (broad SMARTS) is 1. The first-order valence-corrected chi connectivity index (χ1v) is 14.3. The Kier molecular flexibility index (Phi) is 15.1. The molecular weight excluding hydrogens is 550 g/mol. The van der Waals surface area contributed by atoms with Gasteiger partial charge >= 0.3 is 24.4 Å². The molecule has 0 aromatic heterocycles. The summed E-state index contributed by atoms with van der Waals surface area (Å²) in [6.07, 6.45) is -0.815. The van der Waals surface area contributed by atoms with Crippen LogP contribution in [-0.2, 0) is 23.7 Å². The fraction of sp³-hybridized carbons (Fsp3) is 0.667. The fourth-order valence-electron chi connectivity index (χ4n) is 3.46. The Hall–Kier alpha value is -3.54. The van der Waals surface area contributed by atoms with Gasteiger partial charge < -0.3 is 39.3 Å². The lowest BCUT2D eigenvalue weighted by Crippen LogP contribution is -2.41. The van der Waals surface area contributed by atoms with Crippen molar-refractivity contribution < 1.29 is 52.7 Å². The van der Waals surface area contributed by atoms with Gasteiger partial charge in [0.1, 0.15) is 11.6 Å². The van der Waals surface area contributed by atoms with E-state index in [1.807, 2.05) is 34.6 Å². The average Bonchev–Trinajstić information content (AvgIpc) is 2.94. The zero-order chi connectivity index (χ0) is 32.0. The van der Waals surface area contributed by atoms with Crippen LogP contribution in [0.25, 0.3) is 0 Å². The van der Waals surface area contributed by atoms with Crippen LogP contribution < -0.4 is 15.2 Å². The molecule has 42 heavy (non-hydrogen) atoms. The summed E-state index contributed by atoms with van der Waals surface area (Å²) >= 11 is 0. The molecule has 1 aromatic carbocycles. The second-order valence-corrected chi connectivity index (χ2v) is 11.2.